The monoisotopic (exact) mass is 335 g/mol. The van der Waals surface area contributed by atoms with Gasteiger partial charge in [0.25, 0.3) is 5.91 Å². The van der Waals surface area contributed by atoms with Gasteiger partial charge in [-0.2, -0.15) is 0 Å². The number of rotatable bonds is 6. The maximum absolute atomic E-state index is 12.0. The Hall–Kier alpha value is -2.95. The van der Waals surface area contributed by atoms with E-state index in [0.29, 0.717) is 23.9 Å². The van der Waals surface area contributed by atoms with Crippen molar-refractivity contribution >= 4 is 5.91 Å². The summed E-state index contributed by atoms with van der Waals surface area (Å²) in [6.45, 7) is 4.79. The summed E-state index contributed by atoms with van der Waals surface area (Å²) in [6, 6.07) is 15.1. The summed E-state index contributed by atoms with van der Waals surface area (Å²) in [6.07, 6.45) is 2.03. The summed E-state index contributed by atoms with van der Waals surface area (Å²) in [5.74, 6) is 0.872. The summed E-state index contributed by atoms with van der Waals surface area (Å²) in [7, 11) is 0. The van der Waals surface area contributed by atoms with Crippen molar-refractivity contribution < 1.29 is 9.21 Å². The molecule has 0 saturated heterocycles. The third-order valence-corrected chi connectivity index (χ3v) is 4.01. The fourth-order valence-corrected chi connectivity index (χ4v) is 2.51. The van der Waals surface area contributed by atoms with Gasteiger partial charge < -0.3 is 9.73 Å². The van der Waals surface area contributed by atoms with Crippen LogP contribution in [0, 0.1) is 6.92 Å². The Morgan fingerprint density at radius 2 is 1.76 bits per heavy atom. The van der Waals surface area contributed by atoms with Crippen LogP contribution in [-0.2, 0) is 0 Å². The third kappa shape index (κ3) is 3.94. The lowest BCUT2D eigenvalue weighted by Gasteiger charge is -2.04. The number of benzene rings is 2. The third-order valence-electron chi connectivity index (χ3n) is 4.01. The van der Waals surface area contributed by atoms with Crippen molar-refractivity contribution in [1.82, 2.24) is 15.5 Å². The highest BCUT2D eigenvalue weighted by molar-refractivity contribution is 5.94. The minimum absolute atomic E-state index is 0.0638. The molecule has 0 atom stereocenters. The van der Waals surface area contributed by atoms with E-state index in [4.69, 9.17) is 4.42 Å². The first kappa shape index (κ1) is 16.9. The van der Waals surface area contributed by atoms with E-state index in [1.807, 2.05) is 43.3 Å². The molecule has 1 N–H and O–H groups in total. The number of carbonyl (C=O) groups is 1. The Bertz CT molecular complexity index is 853. The number of aryl methyl sites for hydroxylation is 1. The van der Waals surface area contributed by atoms with Gasteiger partial charge in [-0.1, -0.05) is 31.5 Å². The number of unbranched alkanes of at least 4 members (excludes halogenated alkanes) is 1. The van der Waals surface area contributed by atoms with E-state index >= 15 is 0 Å². The standard InChI is InChI=1S/C20H21N3O2/c1-3-4-13-21-18(24)15-9-11-16(12-10-15)19-22-23-20(25-19)17-8-6-5-7-14(17)2/h5-12H,3-4,13H2,1-2H3,(H,21,24). The van der Waals surface area contributed by atoms with Crippen LogP contribution < -0.4 is 5.32 Å². The van der Waals surface area contributed by atoms with E-state index < -0.39 is 0 Å². The van der Waals surface area contributed by atoms with E-state index in [2.05, 4.69) is 22.4 Å². The lowest BCUT2D eigenvalue weighted by molar-refractivity contribution is 0.0953. The maximum atomic E-state index is 12.0. The molecule has 5 heteroatoms. The second-order valence-electron chi connectivity index (χ2n) is 5.91. The Morgan fingerprint density at radius 3 is 2.48 bits per heavy atom. The summed E-state index contributed by atoms with van der Waals surface area (Å²) in [5.41, 5.74) is 3.42. The van der Waals surface area contributed by atoms with Crippen LogP contribution in [0.3, 0.4) is 0 Å². The molecular weight excluding hydrogens is 314 g/mol. The predicted octanol–water partition coefficient (Wildman–Crippen LogP) is 4.24. The van der Waals surface area contributed by atoms with Crippen LogP contribution in [0.4, 0.5) is 0 Å². The van der Waals surface area contributed by atoms with E-state index in [1.165, 1.54) is 0 Å². The van der Waals surface area contributed by atoms with Crippen molar-refractivity contribution in [1.29, 1.82) is 0 Å². The van der Waals surface area contributed by atoms with Crippen molar-refractivity contribution in [2.24, 2.45) is 0 Å². The molecule has 3 aromatic rings. The second-order valence-corrected chi connectivity index (χ2v) is 5.91. The summed E-state index contributed by atoms with van der Waals surface area (Å²) < 4.78 is 5.79. The van der Waals surface area contributed by atoms with E-state index in [0.717, 1.165) is 29.5 Å². The molecule has 2 aromatic carbocycles. The van der Waals surface area contributed by atoms with Gasteiger partial charge in [0.05, 0.1) is 0 Å². The molecule has 0 aliphatic rings. The van der Waals surface area contributed by atoms with Crippen LogP contribution in [0.5, 0.6) is 0 Å². The van der Waals surface area contributed by atoms with Crippen molar-refractivity contribution in [3.8, 4) is 22.9 Å². The average molecular weight is 335 g/mol. The van der Waals surface area contributed by atoms with Crippen molar-refractivity contribution in [3.63, 3.8) is 0 Å². The molecule has 25 heavy (non-hydrogen) atoms. The van der Waals surface area contributed by atoms with E-state index in [9.17, 15) is 4.79 Å². The Kier molecular flexibility index (Phi) is 5.23. The zero-order chi connectivity index (χ0) is 17.6. The number of nitrogens with zero attached hydrogens (tertiary/aromatic N) is 2. The largest absolute Gasteiger partial charge is 0.416 e. The van der Waals surface area contributed by atoms with Gasteiger partial charge in [-0.25, -0.2) is 0 Å². The molecule has 3 rings (SSSR count). The van der Waals surface area contributed by atoms with E-state index in [-0.39, 0.29) is 5.91 Å². The Balaban J connectivity index is 1.75. The van der Waals surface area contributed by atoms with Gasteiger partial charge >= 0.3 is 0 Å². The van der Waals surface area contributed by atoms with Crippen LogP contribution in [-0.4, -0.2) is 22.6 Å². The van der Waals surface area contributed by atoms with Crippen LogP contribution >= 0.6 is 0 Å². The summed E-state index contributed by atoms with van der Waals surface area (Å²) >= 11 is 0. The normalized spacial score (nSPS) is 10.6. The molecule has 0 fully saturated rings. The van der Waals surface area contributed by atoms with Gasteiger partial charge in [0, 0.05) is 23.2 Å². The first-order chi connectivity index (χ1) is 12.2. The molecule has 1 heterocycles. The maximum Gasteiger partial charge on any atom is 0.251 e. The molecule has 0 bridgehead atoms. The summed E-state index contributed by atoms with van der Waals surface area (Å²) in [4.78, 5) is 12.0. The van der Waals surface area contributed by atoms with Crippen molar-refractivity contribution in [3.05, 3.63) is 59.7 Å². The minimum atomic E-state index is -0.0638. The first-order valence-corrected chi connectivity index (χ1v) is 8.47. The number of amides is 1. The van der Waals surface area contributed by atoms with Crippen LogP contribution in [0.25, 0.3) is 22.9 Å². The molecular formula is C20H21N3O2. The fraction of sp³-hybridized carbons (Fsp3) is 0.250. The predicted molar refractivity (Wildman–Crippen MR) is 97.1 cm³/mol. The molecule has 0 aliphatic carbocycles. The Labute approximate surface area is 147 Å². The highest BCUT2D eigenvalue weighted by atomic mass is 16.4. The highest BCUT2D eigenvalue weighted by Gasteiger charge is 2.13. The number of aromatic nitrogens is 2. The molecule has 0 unspecified atom stereocenters. The Morgan fingerprint density at radius 1 is 1.04 bits per heavy atom. The lowest BCUT2D eigenvalue weighted by atomic mass is 10.1. The van der Waals surface area contributed by atoms with Gasteiger partial charge in [-0.05, 0) is 49.2 Å². The zero-order valence-corrected chi connectivity index (χ0v) is 14.5. The molecule has 0 saturated carbocycles. The second kappa shape index (κ2) is 7.75. The van der Waals surface area contributed by atoms with Crippen molar-refractivity contribution in [2.75, 3.05) is 6.54 Å². The molecule has 0 spiro atoms. The molecule has 1 aromatic heterocycles. The zero-order valence-electron chi connectivity index (χ0n) is 14.5. The van der Waals surface area contributed by atoms with Gasteiger partial charge in [-0.3, -0.25) is 4.79 Å². The van der Waals surface area contributed by atoms with Crippen molar-refractivity contribution in [2.45, 2.75) is 26.7 Å². The highest BCUT2D eigenvalue weighted by Crippen LogP contribution is 2.26. The average Bonchev–Trinajstić information content (AvgIpc) is 3.12. The van der Waals surface area contributed by atoms with Crippen LogP contribution in [0.2, 0.25) is 0 Å². The first-order valence-electron chi connectivity index (χ1n) is 8.47. The smallest absolute Gasteiger partial charge is 0.251 e. The molecule has 1 amide bonds. The van der Waals surface area contributed by atoms with Gasteiger partial charge in [0.2, 0.25) is 11.8 Å². The van der Waals surface area contributed by atoms with Crippen LogP contribution in [0.1, 0.15) is 35.7 Å². The van der Waals surface area contributed by atoms with E-state index in [1.54, 1.807) is 12.1 Å². The molecule has 128 valence electrons. The SMILES string of the molecule is CCCCNC(=O)c1ccc(-c2nnc(-c3ccccc3C)o2)cc1. The molecule has 5 nitrogen and oxygen atoms in total. The fourth-order valence-electron chi connectivity index (χ4n) is 2.51. The van der Waals surface area contributed by atoms with Gasteiger partial charge in [0.1, 0.15) is 0 Å². The number of nitrogens with one attached hydrogen (secondary N) is 1. The minimum Gasteiger partial charge on any atom is -0.416 e. The number of hydrogen-bond acceptors (Lipinski definition) is 4. The van der Waals surface area contributed by atoms with Gasteiger partial charge in [-0.15, -0.1) is 10.2 Å². The summed E-state index contributed by atoms with van der Waals surface area (Å²) in [5, 5.41) is 11.2. The van der Waals surface area contributed by atoms with Gasteiger partial charge in [0.15, 0.2) is 0 Å². The molecule has 0 radical (unpaired) electrons. The quantitative estimate of drug-likeness (QED) is 0.684. The topological polar surface area (TPSA) is 68.0 Å². The number of hydrogen-bond donors (Lipinski definition) is 1. The number of carbonyl (C=O) groups excluding carboxylic acids is 1. The van der Waals surface area contributed by atoms with Crippen LogP contribution in [0.15, 0.2) is 52.9 Å². The lowest BCUT2D eigenvalue weighted by Crippen LogP contribution is -2.24. The molecule has 0 aliphatic heterocycles.